The SMILES string of the molecule is CC(=O)c1cc(C#CC=O)c[nH]1. The molecule has 60 valence electrons. The first-order chi connectivity index (χ1) is 5.74. The van der Waals surface area contributed by atoms with Crippen LogP contribution in [0.4, 0.5) is 0 Å². The number of carbonyl (C=O) groups excluding carboxylic acids is 2. The van der Waals surface area contributed by atoms with Crippen molar-refractivity contribution in [2.24, 2.45) is 0 Å². The van der Waals surface area contributed by atoms with E-state index in [4.69, 9.17) is 0 Å². The van der Waals surface area contributed by atoms with Gasteiger partial charge in [0, 0.05) is 18.7 Å². The van der Waals surface area contributed by atoms with E-state index in [1.165, 1.54) is 6.92 Å². The van der Waals surface area contributed by atoms with Gasteiger partial charge in [-0.3, -0.25) is 9.59 Å². The fourth-order valence-corrected chi connectivity index (χ4v) is 0.783. The molecule has 0 fully saturated rings. The van der Waals surface area contributed by atoms with Crippen LogP contribution in [0.5, 0.6) is 0 Å². The summed E-state index contributed by atoms with van der Waals surface area (Å²) < 4.78 is 0. The van der Waals surface area contributed by atoms with Crippen LogP contribution in [0, 0.1) is 11.8 Å². The van der Waals surface area contributed by atoms with E-state index >= 15 is 0 Å². The molecule has 1 aromatic rings. The molecule has 1 heterocycles. The molecule has 0 aromatic carbocycles. The van der Waals surface area contributed by atoms with Gasteiger partial charge < -0.3 is 4.98 Å². The van der Waals surface area contributed by atoms with Gasteiger partial charge in [-0.1, -0.05) is 5.92 Å². The van der Waals surface area contributed by atoms with Crippen molar-refractivity contribution in [2.45, 2.75) is 6.92 Å². The highest BCUT2D eigenvalue weighted by Gasteiger charge is 2.00. The molecule has 0 amide bonds. The lowest BCUT2D eigenvalue weighted by molar-refractivity contribution is -0.103. The lowest BCUT2D eigenvalue weighted by Gasteiger charge is -1.82. The van der Waals surface area contributed by atoms with Gasteiger partial charge in [-0.25, -0.2) is 0 Å². The van der Waals surface area contributed by atoms with Crippen molar-refractivity contribution in [3.63, 3.8) is 0 Å². The molecule has 0 aliphatic heterocycles. The van der Waals surface area contributed by atoms with Gasteiger partial charge in [-0.05, 0) is 12.0 Å². The maximum atomic E-state index is 10.8. The molecule has 0 saturated heterocycles. The van der Waals surface area contributed by atoms with E-state index in [2.05, 4.69) is 16.8 Å². The second-order valence-electron chi connectivity index (χ2n) is 2.25. The number of aromatic amines is 1. The zero-order valence-corrected chi connectivity index (χ0v) is 6.55. The smallest absolute Gasteiger partial charge is 0.193 e. The monoisotopic (exact) mass is 161 g/mol. The topological polar surface area (TPSA) is 49.9 Å². The third-order valence-electron chi connectivity index (χ3n) is 1.34. The Morgan fingerprint density at radius 3 is 2.92 bits per heavy atom. The second kappa shape index (κ2) is 3.54. The fourth-order valence-electron chi connectivity index (χ4n) is 0.783. The molecule has 3 nitrogen and oxygen atoms in total. The zero-order valence-electron chi connectivity index (χ0n) is 6.55. The van der Waals surface area contributed by atoms with Crippen LogP contribution in [0.1, 0.15) is 23.0 Å². The minimum atomic E-state index is -0.0471. The highest BCUT2D eigenvalue weighted by atomic mass is 16.1. The number of Topliss-reactive ketones (excluding diaryl/α,β-unsaturated/α-hetero) is 1. The lowest BCUT2D eigenvalue weighted by Crippen LogP contribution is -1.89. The Bertz CT molecular complexity index is 365. The van der Waals surface area contributed by atoms with Crippen molar-refractivity contribution in [1.29, 1.82) is 0 Å². The van der Waals surface area contributed by atoms with Crippen molar-refractivity contribution in [2.75, 3.05) is 0 Å². The maximum absolute atomic E-state index is 10.8. The number of nitrogens with one attached hydrogen (secondary N) is 1. The van der Waals surface area contributed by atoms with Crippen LogP contribution in [0.25, 0.3) is 0 Å². The molecular weight excluding hydrogens is 154 g/mol. The molecule has 0 aliphatic rings. The third kappa shape index (κ3) is 1.83. The molecule has 1 rings (SSSR count). The predicted octanol–water partition coefficient (Wildman–Crippen LogP) is 0.768. The van der Waals surface area contributed by atoms with Gasteiger partial charge in [0.25, 0.3) is 0 Å². The van der Waals surface area contributed by atoms with Crippen molar-refractivity contribution in [3.05, 3.63) is 23.5 Å². The van der Waals surface area contributed by atoms with E-state index in [9.17, 15) is 9.59 Å². The summed E-state index contributed by atoms with van der Waals surface area (Å²) in [6, 6.07) is 1.61. The summed E-state index contributed by atoms with van der Waals surface area (Å²) in [7, 11) is 0. The number of hydrogen-bond donors (Lipinski definition) is 1. The molecule has 3 heteroatoms. The number of ketones is 1. The average molecular weight is 161 g/mol. The number of H-pyrrole nitrogens is 1. The Kier molecular flexibility index (Phi) is 2.44. The summed E-state index contributed by atoms with van der Waals surface area (Å²) in [5, 5.41) is 0. The highest BCUT2D eigenvalue weighted by molar-refractivity contribution is 5.92. The van der Waals surface area contributed by atoms with E-state index in [1.807, 2.05) is 0 Å². The number of carbonyl (C=O) groups is 2. The van der Waals surface area contributed by atoms with Crippen LogP contribution in [0.15, 0.2) is 12.3 Å². The quantitative estimate of drug-likeness (QED) is 0.375. The van der Waals surface area contributed by atoms with E-state index in [1.54, 1.807) is 12.3 Å². The molecule has 0 unspecified atom stereocenters. The molecule has 0 aliphatic carbocycles. The van der Waals surface area contributed by atoms with Gasteiger partial charge in [0.15, 0.2) is 12.1 Å². The van der Waals surface area contributed by atoms with Crippen molar-refractivity contribution in [1.82, 2.24) is 4.98 Å². The van der Waals surface area contributed by atoms with Gasteiger partial charge in [0.2, 0.25) is 0 Å². The Hall–Kier alpha value is -1.82. The summed E-state index contributed by atoms with van der Waals surface area (Å²) >= 11 is 0. The summed E-state index contributed by atoms with van der Waals surface area (Å²) in [5.74, 6) is 4.78. The van der Waals surface area contributed by atoms with Gasteiger partial charge in [-0.2, -0.15) is 0 Å². The Balaban J connectivity index is 2.91. The molecule has 0 spiro atoms. The normalized spacial score (nSPS) is 8.42. The van der Waals surface area contributed by atoms with Crippen LogP contribution < -0.4 is 0 Å². The highest BCUT2D eigenvalue weighted by Crippen LogP contribution is 2.01. The van der Waals surface area contributed by atoms with Crippen molar-refractivity contribution in [3.8, 4) is 11.8 Å². The Labute approximate surface area is 69.8 Å². The zero-order chi connectivity index (χ0) is 8.97. The van der Waals surface area contributed by atoms with Gasteiger partial charge >= 0.3 is 0 Å². The van der Waals surface area contributed by atoms with E-state index in [0.717, 1.165) is 0 Å². The van der Waals surface area contributed by atoms with Crippen LogP contribution in [0.3, 0.4) is 0 Å². The van der Waals surface area contributed by atoms with E-state index in [0.29, 0.717) is 17.5 Å². The minimum Gasteiger partial charge on any atom is -0.358 e. The largest absolute Gasteiger partial charge is 0.358 e. The maximum Gasteiger partial charge on any atom is 0.193 e. The second-order valence-corrected chi connectivity index (χ2v) is 2.25. The van der Waals surface area contributed by atoms with Crippen LogP contribution in [-0.4, -0.2) is 17.1 Å². The molecule has 1 aromatic heterocycles. The fraction of sp³-hybridized carbons (Fsp3) is 0.111. The minimum absolute atomic E-state index is 0.0471. The van der Waals surface area contributed by atoms with Crippen molar-refractivity contribution < 1.29 is 9.59 Å². The molecular formula is C9H7NO2. The summed E-state index contributed by atoms with van der Waals surface area (Å²) in [6.07, 6.45) is 2.10. The molecule has 0 bridgehead atoms. The first-order valence-corrected chi connectivity index (χ1v) is 3.38. The summed E-state index contributed by atoms with van der Waals surface area (Å²) in [6.45, 7) is 1.46. The third-order valence-corrected chi connectivity index (χ3v) is 1.34. The van der Waals surface area contributed by atoms with E-state index < -0.39 is 0 Å². The molecule has 0 radical (unpaired) electrons. The van der Waals surface area contributed by atoms with Crippen LogP contribution >= 0.6 is 0 Å². The average Bonchev–Trinajstić information content (AvgIpc) is 2.48. The molecule has 1 N–H and O–H groups in total. The van der Waals surface area contributed by atoms with Crippen LogP contribution in [-0.2, 0) is 4.79 Å². The van der Waals surface area contributed by atoms with Gasteiger partial charge in [0.1, 0.15) is 0 Å². The number of rotatable bonds is 1. The first-order valence-electron chi connectivity index (χ1n) is 3.38. The Morgan fingerprint density at radius 2 is 2.42 bits per heavy atom. The Morgan fingerprint density at radius 1 is 1.67 bits per heavy atom. The van der Waals surface area contributed by atoms with E-state index in [-0.39, 0.29) is 5.78 Å². The first kappa shape index (κ1) is 8.28. The molecule has 12 heavy (non-hydrogen) atoms. The number of hydrogen-bond acceptors (Lipinski definition) is 2. The lowest BCUT2D eigenvalue weighted by atomic mass is 10.2. The molecule has 0 saturated carbocycles. The number of aromatic nitrogens is 1. The van der Waals surface area contributed by atoms with Crippen molar-refractivity contribution >= 4 is 12.1 Å². The molecule has 0 atom stereocenters. The summed E-state index contributed by atoms with van der Waals surface area (Å²) in [4.78, 5) is 23.4. The summed E-state index contributed by atoms with van der Waals surface area (Å²) in [5.41, 5.74) is 1.15. The standard InChI is InChI=1S/C9H7NO2/c1-7(12)9-5-8(6-10-9)3-2-4-11/h4-6,10H,1H3. The van der Waals surface area contributed by atoms with Gasteiger partial charge in [0.05, 0.1) is 5.69 Å². The van der Waals surface area contributed by atoms with Crippen LogP contribution in [0.2, 0.25) is 0 Å². The van der Waals surface area contributed by atoms with Gasteiger partial charge in [-0.15, -0.1) is 0 Å². The predicted molar refractivity (Wildman–Crippen MR) is 43.7 cm³/mol. The number of aldehydes is 1.